The minimum atomic E-state index is -0.458. The van der Waals surface area contributed by atoms with Crippen LogP contribution < -0.4 is 20.7 Å². The summed E-state index contributed by atoms with van der Waals surface area (Å²) in [5.41, 5.74) is 4.07. The summed E-state index contributed by atoms with van der Waals surface area (Å²) in [7, 11) is 0. The molecule has 1 aliphatic carbocycles. The number of fused-ring (bicyclic) bond motifs is 2. The molecule has 3 aliphatic rings. The molecule has 182 valence electrons. The number of rotatable bonds is 3. The first-order valence-corrected chi connectivity index (χ1v) is 12.5. The van der Waals surface area contributed by atoms with Crippen LogP contribution in [-0.4, -0.2) is 48.4 Å². The Morgan fingerprint density at radius 2 is 1.94 bits per heavy atom. The minimum Gasteiger partial charge on any atom is -0.474 e. The first-order chi connectivity index (χ1) is 17.0. The van der Waals surface area contributed by atoms with Crippen LogP contribution in [0.4, 0.5) is 16.3 Å². The molecule has 3 aromatic rings. The number of ether oxygens (including phenoxy) is 2. The van der Waals surface area contributed by atoms with Gasteiger partial charge in [-0.2, -0.15) is 0 Å². The molecule has 1 aromatic carbocycles. The van der Waals surface area contributed by atoms with E-state index in [2.05, 4.69) is 25.9 Å². The zero-order valence-electron chi connectivity index (χ0n) is 19.6. The van der Waals surface area contributed by atoms with Crippen molar-refractivity contribution >= 4 is 40.0 Å². The molecule has 3 N–H and O–H groups in total. The van der Waals surface area contributed by atoms with Crippen LogP contribution in [0.1, 0.15) is 31.2 Å². The Kier molecular flexibility index (Phi) is 5.65. The summed E-state index contributed by atoms with van der Waals surface area (Å²) in [6, 6.07) is 5.73. The number of hydrogen-bond acceptors (Lipinski definition) is 7. The molecule has 2 aromatic heterocycles. The number of amides is 1. The van der Waals surface area contributed by atoms with Crippen LogP contribution >= 0.6 is 11.6 Å². The van der Waals surface area contributed by atoms with Crippen LogP contribution in [0.15, 0.2) is 30.6 Å². The third kappa shape index (κ3) is 4.25. The molecule has 1 spiro atoms. The van der Waals surface area contributed by atoms with Gasteiger partial charge in [-0.15, -0.1) is 0 Å². The smallest absolute Gasteiger partial charge is 0.413 e. The highest BCUT2D eigenvalue weighted by molar-refractivity contribution is 6.34. The summed E-state index contributed by atoms with van der Waals surface area (Å²) in [6.45, 7) is 5.47. The normalized spacial score (nSPS) is 18.8. The molecule has 0 radical (unpaired) electrons. The lowest BCUT2D eigenvalue weighted by atomic mass is 9.62. The minimum absolute atomic E-state index is 0.0176. The largest absolute Gasteiger partial charge is 0.474 e. The summed E-state index contributed by atoms with van der Waals surface area (Å²) in [6.07, 6.45) is 7.24. The van der Waals surface area contributed by atoms with E-state index in [4.69, 9.17) is 21.1 Å². The van der Waals surface area contributed by atoms with Gasteiger partial charge in [0.15, 0.2) is 0 Å². The third-order valence-corrected chi connectivity index (χ3v) is 7.85. The van der Waals surface area contributed by atoms with E-state index in [1.54, 1.807) is 12.4 Å². The molecule has 0 bridgehead atoms. The lowest BCUT2D eigenvalue weighted by Gasteiger charge is -2.49. The zero-order chi connectivity index (χ0) is 24.0. The number of anilines is 2. The van der Waals surface area contributed by atoms with Gasteiger partial charge in [-0.3, -0.25) is 5.32 Å². The van der Waals surface area contributed by atoms with E-state index < -0.39 is 6.09 Å². The molecule has 4 heterocycles. The second-order valence-corrected chi connectivity index (χ2v) is 10.2. The third-order valence-electron chi connectivity index (χ3n) is 7.53. The van der Waals surface area contributed by atoms with Gasteiger partial charge in [-0.1, -0.05) is 11.6 Å². The molecule has 1 saturated carbocycles. The Labute approximate surface area is 208 Å². The maximum Gasteiger partial charge on any atom is 0.413 e. The first-order valence-electron chi connectivity index (χ1n) is 12.1. The fraction of sp³-hybridized carbons (Fsp3) is 0.423. The lowest BCUT2D eigenvalue weighted by Crippen LogP contribution is -2.49. The molecular formula is C26H28ClN5O3. The first kappa shape index (κ1) is 22.4. The monoisotopic (exact) mass is 493 g/mol. The van der Waals surface area contributed by atoms with E-state index in [0.29, 0.717) is 28.7 Å². The van der Waals surface area contributed by atoms with Crippen molar-refractivity contribution in [1.29, 1.82) is 0 Å². The van der Waals surface area contributed by atoms with Crippen molar-refractivity contribution in [3.8, 4) is 17.0 Å². The van der Waals surface area contributed by atoms with Crippen molar-refractivity contribution < 1.29 is 14.3 Å². The number of pyridine rings is 2. The van der Waals surface area contributed by atoms with Crippen molar-refractivity contribution in [3.05, 3.63) is 41.2 Å². The number of carbonyl (C=O) groups excluding carboxylic acids is 1. The van der Waals surface area contributed by atoms with E-state index in [0.717, 1.165) is 78.5 Å². The van der Waals surface area contributed by atoms with Gasteiger partial charge in [0.05, 0.1) is 0 Å². The highest BCUT2D eigenvalue weighted by Crippen LogP contribution is 2.49. The molecule has 0 atom stereocenters. The van der Waals surface area contributed by atoms with Crippen molar-refractivity contribution in [1.82, 2.24) is 15.3 Å². The van der Waals surface area contributed by atoms with E-state index >= 15 is 0 Å². The SMILES string of the molecule is Cc1c(-c2cc3cc(NC(=O)OC4CC5(CCNCC5)C4)ncc3cc2Cl)cnc2c1NCCO2. The Hall–Kier alpha value is -3.10. The fourth-order valence-electron chi connectivity index (χ4n) is 5.57. The van der Waals surface area contributed by atoms with Crippen molar-refractivity contribution in [2.45, 2.75) is 38.7 Å². The number of halogens is 1. The number of aromatic nitrogens is 2. The molecule has 35 heavy (non-hydrogen) atoms. The predicted octanol–water partition coefficient (Wildman–Crippen LogP) is 5.14. The average molecular weight is 494 g/mol. The molecule has 2 fully saturated rings. The molecule has 9 heteroatoms. The van der Waals surface area contributed by atoms with Crippen LogP contribution in [-0.2, 0) is 4.74 Å². The van der Waals surface area contributed by atoms with Crippen molar-refractivity contribution in [3.63, 3.8) is 0 Å². The molecule has 6 rings (SSSR count). The van der Waals surface area contributed by atoms with Gasteiger partial charge in [0, 0.05) is 40.5 Å². The summed E-state index contributed by atoms with van der Waals surface area (Å²) in [5, 5.41) is 12.0. The van der Waals surface area contributed by atoms with Gasteiger partial charge in [-0.05, 0) is 80.3 Å². The Morgan fingerprint density at radius 3 is 2.77 bits per heavy atom. The van der Waals surface area contributed by atoms with Gasteiger partial charge < -0.3 is 20.1 Å². The average Bonchev–Trinajstić information content (AvgIpc) is 2.84. The molecule has 1 amide bonds. The summed E-state index contributed by atoms with van der Waals surface area (Å²) in [4.78, 5) is 21.4. The number of nitrogens with one attached hydrogen (secondary N) is 3. The van der Waals surface area contributed by atoms with E-state index in [9.17, 15) is 4.79 Å². The van der Waals surface area contributed by atoms with Gasteiger partial charge in [0.2, 0.25) is 5.88 Å². The van der Waals surface area contributed by atoms with Crippen molar-refractivity contribution in [2.24, 2.45) is 5.41 Å². The quantitative estimate of drug-likeness (QED) is 0.464. The lowest BCUT2D eigenvalue weighted by molar-refractivity contribution is -0.0539. The number of benzene rings is 1. The maximum absolute atomic E-state index is 12.5. The second kappa shape index (κ2) is 8.84. The Balaban J connectivity index is 1.20. The molecule has 0 unspecified atom stereocenters. The predicted molar refractivity (Wildman–Crippen MR) is 136 cm³/mol. The highest BCUT2D eigenvalue weighted by atomic mass is 35.5. The standard InChI is InChI=1S/C26H28ClN5O3/c1-15-20(14-31-24-23(15)29-6-7-34-24)19-8-16-10-22(30-13-17(16)9-21(19)27)32-25(33)35-18-11-26(12-18)2-4-28-5-3-26/h8-10,13-14,18,28-29H,2-7,11-12H2,1H3,(H,30,32,33). The fourth-order valence-corrected chi connectivity index (χ4v) is 5.85. The number of hydrogen-bond donors (Lipinski definition) is 3. The topological polar surface area (TPSA) is 97.4 Å². The summed E-state index contributed by atoms with van der Waals surface area (Å²) in [5.74, 6) is 1.06. The molecule has 1 saturated heterocycles. The number of nitrogens with zero attached hydrogens (tertiary/aromatic N) is 2. The summed E-state index contributed by atoms with van der Waals surface area (Å²) >= 11 is 6.66. The van der Waals surface area contributed by atoms with Crippen molar-refractivity contribution in [2.75, 3.05) is 36.9 Å². The van der Waals surface area contributed by atoms with Crippen LogP contribution in [0.3, 0.4) is 0 Å². The Bertz CT molecular complexity index is 1300. The van der Waals surface area contributed by atoms with Gasteiger partial charge >= 0.3 is 6.09 Å². The second-order valence-electron chi connectivity index (χ2n) is 9.81. The number of piperidine rings is 1. The number of carbonyl (C=O) groups is 1. The van der Waals surface area contributed by atoms with Crippen LogP contribution in [0.2, 0.25) is 5.02 Å². The molecular weight excluding hydrogens is 466 g/mol. The van der Waals surface area contributed by atoms with Gasteiger partial charge in [-0.25, -0.2) is 14.8 Å². The Morgan fingerprint density at radius 1 is 1.11 bits per heavy atom. The summed E-state index contributed by atoms with van der Waals surface area (Å²) < 4.78 is 11.3. The highest BCUT2D eigenvalue weighted by Gasteiger charge is 2.46. The molecule has 2 aliphatic heterocycles. The van der Waals surface area contributed by atoms with Gasteiger partial charge in [0.25, 0.3) is 0 Å². The van der Waals surface area contributed by atoms with Crippen LogP contribution in [0.25, 0.3) is 21.9 Å². The zero-order valence-corrected chi connectivity index (χ0v) is 20.4. The van der Waals surface area contributed by atoms with Crippen LogP contribution in [0.5, 0.6) is 5.88 Å². The van der Waals surface area contributed by atoms with Crippen LogP contribution in [0, 0.1) is 12.3 Å². The van der Waals surface area contributed by atoms with Gasteiger partial charge in [0.1, 0.15) is 24.2 Å². The van der Waals surface area contributed by atoms with E-state index in [-0.39, 0.29) is 6.10 Å². The molecule has 8 nitrogen and oxygen atoms in total. The maximum atomic E-state index is 12.5. The van der Waals surface area contributed by atoms with E-state index in [1.807, 2.05) is 25.1 Å². The van der Waals surface area contributed by atoms with E-state index in [1.165, 1.54) is 0 Å².